The number of alkyl halides is 1. The molecule has 0 aliphatic carbocycles. The molecule has 0 rings (SSSR count). The summed E-state index contributed by atoms with van der Waals surface area (Å²) in [4.78, 5) is 4.87. The van der Waals surface area contributed by atoms with E-state index in [1.807, 2.05) is 0 Å². The topological polar surface area (TPSA) is 0 Å². The van der Waals surface area contributed by atoms with Crippen molar-refractivity contribution < 1.29 is 0 Å². The van der Waals surface area contributed by atoms with E-state index in [0.29, 0.717) is 0 Å². The van der Waals surface area contributed by atoms with Crippen LogP contribution in [0.25, 0.3) is 0 Å². The van der Waals surface area contributed by atoms with Gasteiger partial charge in [-0.2, -0.15) is 0 Å². The molecule has 0 aromatic rings. The van der Waals surface area contributed by atoms with Crippen molar-refractivity contribution in [3.63, 3.8) is 0 Å². The SMILES string of the molecule is [CH3][Sn]([CH3])([Br])[CH2]CCCCBr. The average Bonchev–Trinajstić information content (AvgIpc) is 1.78. The monoisotopic (exact) mass is 378 g/mol. The van der Waals surface area contributed by atoms with Gasteiger partial charge in [-0.05, 0) is 0 Å². The first-order chi connectivity index (χ1) is 4.56. The van der Waals surface area contributed by atoms with Crippen molar-refractivity contribution >= 4 is 44.8 Å². The normalized spacial score (nSPS) is 12.0. The molecule has 0 heterocycles. The molecule has 0 aliphatic heterocycles. The molecule has 0 aliphatic rings. The van der Waals surface area contributed by atoms with E-state index >= 15 is 0 Å². The fourth-order valence-corrected chi connectivity index (χ4v) is 6.21. The maximum absolute atomic E-state index is 3.83. The summed E-state index contributed by atoms with van der Waals surface area (Å²) in [5.41, 5.74) is 0. The Morgan fingerprint density at radius 3 is 2.10 bits per heavy atom. The summed E-state index contributed by atoms with van der Waals surface area (Å²) in [6.07, 6.45) is 4.17. The van der Waals surface area contributed by atoms with E-state index < -0.39 is 16.2 Å². The molecule has 0 N–H and O–H groups in total. The zero-order valence-electron chi connectivity index (χ0n) is 6.79. The van der Waals surface area contributed by atoms with Gasteiger partial charge in [0.05, 0.1) is 0 Å². The molecular weight excluding hydrogens is 363 g/mol. The summed E-state index contributed by atoms with van der Waals surface area (Å²) in [6, 6.07) is 0. The summed E-state index contributed by atoms with van der Waals surface area (Å²) < 4.78 is 1.49. The first kappa shape index (κ1) is 11.8. The van der Waals surface area contributed by atoms with Crippen LogP contribution in [0, 0.1) is 0 Å². The van der Waals surface area contributed by atoms with Gasteiger partial charge in [-0.1, -0.05) is 0 Å². The number of rotatable bonds is 5. The third kappa shape index (κ3) is 9.76. The van der Waals surface area contributed by atoms with Gasteiger partial charge in [-0.15, -0.1) is 0 Å². The number of unbranched alkanes of at least 4 members (excludes halogenated alkanes) is 2. The fourth-order valence-electron chi connectivity index (χ4n) is 0.817. The van der Waals surface area contributed by atoms with Crippen molar-refractivity contribution in [3.8, 4) is 0 Å². The van der Waals surface area contributed by atoms with Crippen LogP contribution in [-0.4, -0.2) is 21.5 Å². The van der Waals surface area contributed by atoms with E-state index in [9.17, 15) is 0 Å². The molecule has 0 aromatic heterocycles. The number of hydrogen-bond acceptors (Lipinski definition) is 0. The molecule has 0 spiro atoms. The van der Waals surface area contributed by atoms with Gasteiger partial charge >= 0.3 is 83.7 Å². The van der Waals surface area contributed by atoms with Crippen LogP contribution in [0.5, 0.6) is 0 Å². The molecule has 0 saturated heterocycles. The van der Waals surface area contributed by atoms with Crippen molar-refractivity contribution in [2.45, 2.75) is 33.6 Å². The van der Waals surface area contributed by atoms with Crippen LogP contribution in [0.15, 0.2) is 0 Å². The molecule has 0 aromatic carbocycles. The van der Waals surface area contributed by atoms with Crippen molar-refractivity contribution in [1.29, 1.82) is 0 Å². The zero-order valence-corrected chi connectivity index (χ0v) is 12.8. The van der Waals surface area contributed by atoms with Crippen LogP contribution in [0.2, 0.25) is 14.3 Å². The average molecular weight is 379 g/mol. The zero-order chi connectivity index (χ0) is 8.04. The Morgan fingerprint density at radius 1 is 1.10 bits per heavy atom. The molecule has 0 atom stereocenters. The van der Waals surface area contributed by atoms with Crippen molar-refractivity contribution in [2.24, 2.45) is 0 Å². The third-order valence-corrected chi connectivity index (χ3v) is 9.03. The van der Waals surface area contributed by atoms with E-state index in [1.165, 1.54) is 29.0 Å². The Labute approximate surface area is 82.9 Å². The molecule has 0 unspecified atom stereocenters. The van der Waals surface area contributed by atoms with Gasteiger partial charge < -0.3 is 0 Å². The molecule has 0 amide bonds. The molecule has 3 heteroatoms. The summed E-state index contributed by atoms with van der Waals surface area (Å²) in [7, 11) is 0. The summed E-state index contributed by atoms with van der Waals surface area (Å²) in [6.45, 7) is 0. The van der Waals surface area contributed by atoms with Gasteiger partial charge in [-0.25, -0.2) is 0 Å². The Bertz CT molecular complexity index is 78.2. The van der Waals surface area contributed by atoms with Crippen LogP contribution in [0.4, 0.5) is 0 Å². The first-order valence-electron chi connectivity index (χ1n) is 3.81. The molecule has 10 heavy (non-hydrogen) atoms. The number of hydrogen-bond donors (Lipinski definition) is 0. The minimum absolute atomic E-state index is 1.17. The van der Waals surface area contributed by atoms with E-state index in [4.69, 9.17) is 0 Å². The Hall–Kier alpha value is 1.76. The van der Waals surface area contributed by atoms with E-state index in [-0.39, 0.29) is 0 Å². The summed E-state index contributed by atoms with van der Waals surface area (Å²) in [5, 5.41) is 1.17. The maximum atomic E-state index is 3.83. The third-order valence-electron chi connectivity index (χ3n) is 1.40. The van der Waals surface area contributed by atoms with Crippen LogP contribution in [0.3, 0.4) is 0 Å². The molecule has 0 saturated carbocycles. The van der Waals surface area contributed by atoms with Crippen molar-refractivity contribution in [1.82, 2.24) is 0 Å². The Kier molecular flexibility index (Phi) is 7.40. The van der Waals surface area contributed by atoms with Crippen LogP contribution in [0.1, 0.15) is 19.3 Å². The quantitative estimate of drug-likeness (QED) is 0.383. The second-order valence-corrected chi connectivity index (χ2v) is 29.6. The molecular formula is C7H16Br2Sn. The number of halogens is 2. The van der Waals surface area contributed by atoms with Gasteiger partial charge in [0, 0.05) is 0 Å². The van der Waals surface area contributed by atoms with Crippen molar-refractivity contribution in [2.75, 3.05) is 5.33 Å². The first-order valence-corrected chi connectivity index (χ1v) is 19.1. The summed E-state index contributed by atoms with van der Waals surface area (Å²) >= 11 is 5.71. The predicted molar refractivity (Wildman–Crippen MR) is 58.9 cm³/mol. The molecule has 0 radical (unpaired) electrons. The van der Waals surface area contributed by atoms with Gasteiger partial charge in [0.15, 0.2) is 0 Å². The Balaban J connectivity index is 3.04. The van der Waals surface area contributed by atoms with Crippen LogP contribution < -0.4 is 0 Å². The minimum atomic E-state index is -1.55. The standard InChI is InChI=1S/C5H10Br.2CH3.BrH.Sn/c1-2-3-4-5-6;;;;/h1-5H2;2*1H3;1H;/q;;;;+1/p-1. The van der Waals surface area contributed by atoms with Gasteiger partial charge in [0.1, 0.15) is 0 Å². The molecule has 0 bridgehead atoms. The summed E-state index contributed by atoms with van der Waals surface area (Å²) in [5.74, 6) is 0. The Morgan fingerprint density at radius 2 is 1.70 bits per heavy atom. The van der Waals surface area contributed by atoms with E-state index in [0.717, 1.165) is 0 Å². The van der Waals surface area contributed by atoms with Gasteiger partial charge in [-0.3, -0.25) is 0 Å². The van der Waals surface area contributed by atoms with E-state index in [1.54, 1.807) is 0 Å². The molecule has 62 valence electrons. The van der Waals surface area contributed by atoms with Crippen LogP contribution >= 0.6 is 28.6 Å². The second-order valence-electron chi connectivity index (χ2n) is 3.22. The fraction of sp³-hybridized carbons (Fsp3) is 1.00. The van der Waals surface area contributed by atoms with E-state index in [2.05, 4.69) is 38.5 Å². The second kappa shape index (κ2) is 6.29. The molecule has 0 fully saturated rings. The van der Waals surface area contributed by atoms with Gasteiger partial charge in [0.25, 0.3) is 0 Å². The predicted octanol–water partition coefficient (Wildman–Crippen LogP) is 4.15. The van der Waals surface area contributed by atoms with Crippen LogP contribution in [-0.2, 0) is 0 Å². The molecule has 0 nitrogen and oxygen atoms in total. The van der Waals surface area contributed by atoms with Crippen molar-refractivity contribution in [3.05, 3.63) is 0 Å². The van der Waals surface area contributed by atoms with Gasteiger partial charge in [0.2, 0.25) is 0 Å².